The van der Waals surface area contributed by atoms with Gasteiger partial charge in [0.05, 0.1) is 0 Å². The van der Waals surface area contributed by atoms with E-state index in [9.17, 15) is 0 Å². The van der Waals surface area contributed by atoms with Gasteiger partial charge in [0.2, 0.25) is 0 Å². The first kappa shape index (κ1) is 15.7. The summed E-state index contributed by atoms with van der Waals surface area (Å²) in [5, 5.41) is 0. The van der Waals surface area contributed by atoms with Crippen molar-refractivity contribution in [3.8, 4) is 0 Å². The topological polar surface area (TPSA) is 110 Å². The standard InChI is InChI=1S/H3N.Na.H2O4Se.H/c;;1-5(2,3)4;/h1H3;;(H2,1,2,3,4);/q;+1;;-1. The van der Waals surface area contributed by atoms with Gasteiger partial charge < -0.3 is 7.58 Å². The Bertz CT molecular complexity index is 99.2. The number of hydrogen-bond donors (Lipinski definition) is 3. The average Bonchev–Trinajstić information content (AvgIpc) is 0.722. The van der Waals surface area contributed by atoms with Crippen LogP contribution in [0.1, 0.15) is 1.43 Å². The van der Waals surface area contributed by atoms with Crippen LogP contribution < -0.4 is 35.7 Å². The largest absolute Gasteiger partial charge is 1.00 e. The molecule has 0 aliphatic rings. The van der Waals surface area contributed by atoms with Crippen LogP contribution in [-0.4, -0.2) is 21.7 Å². The summed E-state index contributed by atoms with van der Waals surface area (Å²) >= 11 is -5.25. The minimum absolute atomic E-state index is 0. The molecule has 0 saturated heterocycles. The van der Waals surface area contributed by atoms with Gasteiger partial charge in [0, 0.05) is 0 Å². The van der Waals surface area contributed by atoms with Gasteiger partial charge in [-0.05, 0) is 0 Å². The average molecular weight is 186 g/mol. The van der Waals surface area contributed by atoms with Crippen LogP contribution in [0.5, 0.6) is 0 Å². The van der Waals surface area contributed by atoms with Crippen molar-refractivity contribution in [2.75, 3.05) is 0 Å². The summed E-state index contributed by atoms with van der Waals surface area (Å²) in [4.78, 5) is 0. The van der Waals surface area contributed by atoms with E-state index in [2.05, 4.69) is 0 Å². The molecule has 0 radical (unpaired) electrons. The van der Waals surface area contributed by atoms with Crippen LogP contribution in [0.2, 0.25) is 0 Å². The zero-order valence-corrected chi connectivity index (χ0v) is 7.54. The van der Waals surface area contributed by atoms with Crippen molar-refractivity contribution in [1.82, 2.24) is 6.15 Å². The van der Waals surface area contributed by atoms with Crippen molar-refractivity contribution in [2.45, 2.75) is 0 Å². The maximum absolute atomic E-state index is 8.82. The molecule has 5 N–H and O–H groups in total. The van der Waals surface area contributed by atoms with Gasteiger partial charge >= 0.3 is 59.0 Å². The molecule has 0 saturated carbocycles. The number of hydrogen-bond acceptors (Lipinski definition) is 3. The summed E-state index contributed by atoms with van der Waals surface area (Å²) in [5.41, 5.74) is 0. The summed E-state index contributed by atoms with van der Waals surface area (Å²) in [5.74, 6) is 0. The first-order chi connectivity index (χ1) is 2.00. The van der Waals surface area contributed by atoms with Gasteiger partial charge in [-0.2, -0.15) is 0 Å². The van der Waals surface area contributed by atoms with Crippen molar-refractivity contribution in [1.29, 1.82) is 0 Å². The summed E-state index contributed by atoms with van der Waals surface area (Å²) < 4.78 is 31.9. The molecular weight excluding hydrogens is 180 g/mol. The van der Waals surface area contributed by atoms with Crippen molar-refractivity contribution in [3.63, 3.8) is 0 Å². The van der Waals surface area contributed by atoms with Crippen LogP contribution >= 0.6 is 0 Å². The predicted octanol–water partition coefficient (Wildman–Crippen LogP) is -4.45. The maximum atomic E-state index is 8.82. The van der Waals surface area contributed by atoms with Crippen molar-refractivity contribution >= 4 is 13.4 Å². The van der Waals surface area contributed by atoms with E-state index in [0.29, 0.717) is 0 Å². The molecule has 0 rings (SSSR count). The maximum Gasteiger partial charge on any atom is 1.00 e. The Labute approximate surface area is 66.4 Å². The second-order valence-electron chi connectivity index (χ2n) is 0.448. The molecule has 0 bridgehead atoms. The van der Waals surface area contributed by atoms with E-state index in [4.69, 9.17) is 16.0 Å². The van der Waals surface area contributed by atoms with Gasteiger partial charge in [0.1, 0.15) is 0 Å². The third-order valence-electron chi connectivity index (χ3n) is 0. The Morgan fingerprint density at radius 3 is 1.29 bits per heavy atom. The van der Waals surface area contributed by atoms with E-state index in [-0.39, 0.29) is 37.1 Å². The Kier molecular flexibility index (Phi) is 11.5. The molecule has 0 aromatic rings. The third kappa shape index (κ3) is 175. The molecule has 0 spiro atoms. The molecule has 0 unspecified atom stereocenters. The second kappa shape index (κ2) is 5.14. The van der Waals surface area contributed by atoms with Gasteiger partial charge in [-0.3, -0.25) is 0 Å². The van der Waals surface area contributed by atoms with Crippen LogP contribution in [0.3, 0.4) is 0 Å². The van der Waals surface area contributed by atoms with Crippen LogP contribution in [0.4, 0.5) is 0 Å². The fraction of sp³-hybridized carbons (Fsp3) is 0. The van der Waals surface area contributed by atoms with Crippen LogP contribution in [0.15, 0.2) is 0 Å². The van der Waals surface area contributed by atoms with Crippen molar-refractivity contribution in [3.05, 3.63) is 0 Å². The molecule has 0 aromatic carbocycles. The molecule has 0 aliphatic carbocycles. The van der Waals surface area contributed by atoms with Gasteiger partial charge in [0.15, 0.2) is 0 Å². The van der Waals surface area contributed by atoms with E-state index in [0.717, 1.165) is 0 Å². The summed E-state index contributed by atoms with van der Waals surface area (Å²) in [6.07, 6.45) is 0. The van der Waals surface area contributed by atoms with E-state index in [1.165, 1.54) is 0 Å². The van der Waals surface area contributed by atoms with Gasteiger partial charge in [0.25, 0.3) is 0 Å². The Morgan fingerprint density at radius 2 is 1.29 bits per heavy atom. The van der Waals surface area contributed by atoms with Crippen LogP contribution in [0, 0.1) is 0 Å². The predicted molar refractivity (Wildman–Crippen MR) is 17.7 cm³/mol. The second-order valence-corrected chi connectivity index (χ2v) is 2.33. The van der Waals surface area contributed by atoms with E-state index >= 15 is 0 Å². The zero-order chi connectivity index (χ0) is 4.50. The SMILES string of the molecule is N.O=[Se](=O)(O)O.[H-].[Na+]. The van der Waals surface area contributed by atoms with Crippen molar-refractivity contribution < 1.29 is 47.0 Å². The van der Waals surface area contributed by atoms with E-state index in [1.807, 2.05) is 0 Å². The number of rotatable bonds is 0. The monoisotopic (exact) mass is 187 g/mol. The Hall–Kier alpha value is 0.999. The molecule has 7 heavy (non-hydrogen) atoms. The fourth-order valence-electron chi connectivity index (χ4n) is 0. The first-order valence-electron chi connectivity index (χ1n) is 0.698. The minimum Gasteiger partial charge on any atom is -1.00 e. The fourth-order valence-corrected chi connectivity index (χ4v) is 0. The molecule has 0 aromatic heterocycles. The quantitative estimate of drug-likeness (QED) is 0.330. The molecule has 0 amide bonds. The smallest absolute Gasteiger partial charge is 1.00 e. The molecule has 42 valence electrons. The van der Waals surface area contributed by atoms with Gasteiger partial charge in [-0.15, -0.1) is 0 Å². The normalized spacial score (nSPS) is 8.29. The third-order valence-corrected chi connectivity index (χ3v) is 0. The van der Waals surface area contributed by atoms with Crippen LogP contribution in [-0.2, 0) is 7.67 Å². The molecule has 0 atom stereocenters. The van der Waals surface area contributed by atoms with Gasteiger partial charge in [-0.1, -0.05) is 0 Å². The Balaban J connectivity index is -0.0000000267. The summed E-state index contributed by atoms with van der Waals surface area (Å²) in [7, 11) is 0. The Morgan fingerprint density at radius 1 is 1.29 bits per heavy atom. The zero-order valence-electron chi connectivity index (χ0n) is 4.83. The molecule has 0 aliphatic heterocycles. The van der Waals surface area contributed by atoms with Gasteiger partial charge in [-0.25, -0.2) is 0 Å². The molecule has 7 heteroatoms. The van der Waals surface area contributed by atoms with E-state index in [1.54, 1.807) is 0 Å². The summed E-state index contributed by atoms with van der Waals surface area (Å²) in [6.45, 7) is 0. The van der Waals surface area contributed by atoms with Crippen LogP contribution in [0.25, 0.3) is 0 Å². The van der Waals surface area contributed by atoms with Crippen molar-refractivity contribution in [2.24, 2.45) is 0 Å². The molecule has 0 fully saturated rings. The molecule has 5 nitrogen and oxygen atoms in total. The van der Waals surface area contributed by atoms with E-state index < -0.39 is 13.4 Å². The molecular formula is H6NNaO4Se. The minimum atomic E-state index is -5.25. The first-order valence-corrected chi connectivity index (χ1v) is 3.63. The molecule has 0 heterocycles. The summed E-state index contributed by atoms with van der Waals surface area (Å²) in [6, 6.07) is 0.